The van der Waals surface area contributed by atoms with Crippen molar-refractivity contribution in [3.05, 3.63) is 59.4 Å². The van der Waals surface area contributed by atoms with Crippen LogP contribution in [0.5, 0.6) is 0 Å². The monoisotopic (exact) mass is 344 g/mol. The molecule has 0 spiro atoms. The van der Waals surface area contributed by atoms with Gasteiger partial charge in [-0.1, -0.05) is 29.3 Å². The highest BCUT2D eigenvalue weighted by Gasteiger charge is 2.48. The quantitative estimate of drug-likeness (QED) is 0.591. The van der Waals surface area contributed by atoms with Crippen molar-refractivity contribution in [2.45, 2.75) is 39.3 Å². The van der Waals surface area contributed by atoms with Gasteiger partial charge in [0.2, 0.25) is 0 Å². The molecule has 1 heterocycles. The molecule has 2 aromatic carbocycles. The van der Waals surface area contributed by atoms with E-state index in [1.165, 1.54) is 32.3 Å². The number of hydrogen-bond donors (Lipinski definition) is 0. The summed E-state index contributed by atoms with van der Waals surface area (Å²) in [7, 11) is 0. The number of aryl methyl sites for hydroxylation is 2. The van der Waals surface area contributed by atoms with Crippen LogP contribution < -0.4 is 0 Å². The summed E-state index contributed by atoms with van der Waals surface area (Å²) >= 11 is 0. The van der Waals surface area contributed by atoms with E-state index in [0.29, 0.717) is 5.52 Å². The molecule has 5 heteroatoms. The van der Waals surface area contributed by atoms with Crippen molar-refractivity contribution in [1.29, 1.82) is 0 Å². The Kier molecular flexibility index (Phi) is 4.06. The van der Waals surface area contributed by atoms with Crippen LogP contribution in [0.2, 0.25) is 0 Å². The van der Waals surface area contributed by atoms with Gasteiger partial charge in [0.15, 0.2) is 0 Å². The number of aromatic nitrogens is 2. The number of fused-ring (bicyclic) bond motifs is 1. The highest BCUT2D eigenvalue weighted by Crippen LogP contribution is 2.41. The van der Waals surface area contributed by atoms with Crippen molar-refractivity contribution in [2.24, 2.45) is 0 Å². The molecule has 0 saturated carbocycles. The number of alkyl halides is 3. The molecule has 0 radical (unpaired) electrons. The van der Waals surface area contributed by atoms with Crippen LogP contribution in [0.15, 0.2) is 42.7 Å². The summed E-state index contributed by atoms with van der Waals surface area (Å²) in [5, 5.41) is 0.745. The summed E-state index contributed by atoms with van der Waals surface area (Å²) in [5.74, 6) is 0. The summed E-state index contributed by atoms with van der Waals surface area (Å²) in [6.45, 7) is 6.37. The number of halogens is 3. The Morgan fingerprint density at radius 3 is 2.08 bits per heavy atom. The fourth-order valence-corrected chi connectivity index (χ4v) is 2.95. The number of hydrogen-bond acceptors (Lipinski definition) is 2. The fraction of sp³-hybridized carbons (Fsp3) is 0.300. The van der Waals surface area contributed by atoms with E-state index in [2.05, 4.69) is 16.0 Å². The highest BCUT2D eigenvalue weighted by atomic mass is 19.4. The molecule has 2 nitrogen and oxygen atoms in total. The Hall–Kier alpha value is -2.43. The molecule has 0 bridgehead atoms. The van der Waals surface area contributed by atoms with Gasteiger partial charge in [-0.15, -0.1) is 0 Å². The smallest absolute Gasteiger partial charge is 0.236 e. The number of rotatable bonds is 2. The van der Waals surface area contributed by atoms with Crippen molar-refractivity contribution in [1.82, 2.24) is 9.97 Å². The van der Waals surface area contributed by atoms with Gasteiger partial charge in [0.1, 0.15) is 6.33 Å². The maximum Gasteiger partial charge on any atom is 0.397 e. The third-order valence-electron chi connectivity index (χ3n) is 4.56. The standard InChI is InChI=1S/C20H19F3N2/c1-12-7-13(2)9-14(8-12)18-16-6-5-15(10-17(16)24-11-25-18)19(3,4)20(21,22)23/h5-11H,1-4H3. The van der Waals surface area contributed by atoms with Crippen molar-refractivity contribution in [3.8, 4) is 11.3 Å². The molecule has 25 heavy (non-hydrogen) atoms. The molecule has 0 aliphatic rings. The molecular weight excluding hydrogens is 325 g/mol. The predicted molar refractivity (Wildman–Crippen MR) is 93.5 cm³/mol. The second-order valence-corrected chi connectivity index (χ2v) is 6.95. The molecular formula is C20H19F3N2. The average molecular weight is 344 g/mol. The van der Waals surface area contributed by atoms with Gasteiger partial charge in [-0.05, 0) is 51.5 Å². The van der Waals surface area contributed by atoms with Gasteiger partial charge in [0.25, 0.3) is 0 Å². The van der Waals surface area contributed by atoms with Gasteiger partial charge in [0.05, 0.1) is 16.6 Å². The third-order valence-corrected chi connectivity index (χ3v) is 4.56. The maximum absolute atomic E-state index is 13.3. The maximum atomic E-state index is 13.3. The summed E-state index contributed by atoms with van der Waals surface area (Å²) in [4.78, 5) is 8.56. The van der Waals surface area contributed by atoms with E-state index in [4.69, 9.17) is 0 Å². The van der Waals surface area contributed by atoms with Gasteiger partial charge < -0.3 is 0 Å². The molecule has 0 aliphatic carbocycles. The minimum absolute atomic E-state index is 0.192. The van der Waals surface area contributed by atoms with E-state index >= 15 is 0 Å². The second kappa shape index (κ2) is 5.83. The zero-order valence-electron chi connectivity index (χ0n) is 14.6. The topological polar surface area (TPSA) is 25.8 Å². The molecule has 0 fully saturated rings. The largest absolute Gasteiger partial charge is 0.397 e. The van der Waals surface area contributed by atoms with Gasteiger partial charge in [-0.3, -0.25) is 0 Å². The van der Waals surface area contributed by atoms with Gasteiger partial charge >= 0.3 is 6.18 Å². The summed E-state index contributed by atoms with van der Waals surface area (Å²) in [5.41, 5.74) is 2.65. The SMILES string of the molecule is Cc1cc(C)cc(-c2ncnc3cc(C(C)(C)C(F)(F)F)ccc23)c1. The first kappa shape index (κ1) is 17.4. The van der Waals surface area contributed by atoms with Crippen LogP contribution in [-0.4, -0.2) is 16.1 Å². The van der Waals surface area contributed by atoms with Crippen LogP contribution in [0.1, 0.15) is 30.5 Å². The van der Waals surface area contributed by atoms with Crippen LogP contribution >= 0.6 is 0 Å². The lowest BCUT2D eigenvalue weighted by Crippen LogP contribution is -2.36. The highest BCUT2D eigenvalue weighted by molar-refractivity contribution is 5.92. The average Bonchev–Trinajstić information content (AvgIpc) is 2.51. The summed E-state index contributed by atoms with van der Waals surface area (Å²) in [6.07, 6.45) is -2.93. The molecule has 3 rings (SSSR count). The van der Waals surface area contributed by atoms with E-state index in [-0.39, 0.29) is 5.56 Å². The van der Waals surface area contributed by atoms with Gasteiger partial charge in [0, 0.05) is 10.9 Å². The zero-order valence-corrected chi connectivity index (χ0v) is 14.6. The molecule has 1 aromatic heterocycles. The summed E-state index contributed by atoms with van der Waals surface area (Å²) < 4.78 is 40.0. The molecule has 0 N–H and O–H groups in total. The zero-order chi connectivity index (χ0) is 18.4. The summed E-state index contributed by atoms with van der Waals surface area (Å²) in [6, 6.07) is 10.8. The van der Waals surface area contributed by atoms with Gasteiger partial charge in [-0.2, -0.15) is 13.2 Å². The first-order chi connectivity index (χ1) is 11.6. The van der Waals surface area contributed by atoms with Crippen LogP contribution in [0.4, 0.5) is 13.2 Å². The number of nitrogens with zero attached hydrogens (tertiary/aromatic N) is 2. The predicted octanol–water partition coefficient (Wildman–Crippen LogP) is 5.75. The van der Waals surface area contributed by atoms with Crippen molar-refractivity contribution >= 4 is 10.9 Å². The molecule has 130 valence electrons. The normalized spacial score (nSPS) is 12.6. The fourth-order valence-electron chi connectivity index (χ4n) is 2.95. The Morgan fingerprint density at radius 1 is 0.840 bits per heavy atom. The van der Waals surface area contributed by atoms with Crippen LogP contribution in [0.3, 0.4) is 0 Å². The Labute approximate surface area is 144 Å². The Bertz CT molecular complexity index is 923. The first-order valence-electron chi connectivity index (χ1n) is 8.00. The van der Waals surface area contributed by atoms with Crippen molar-refractivity contribution < 1.29 is 13.2 Å². The van der Waals surface area contributed by atoms with E-state index in [1.54, 1.807) is 6.07 Å². The Morgan fingerprint density at radius 2 is 1.48 bits per heavy atom. The van der Waals surface area contributed by atoms with E-state index in [0.717, 1.165) is 27.8 Å². The van der Waals surface area contributed by atoms with E-state index in [1.807, 2.05) is 26.0 Å². The van der Waals surface area contributed by atoms with Crippen LogP contribution in [0.25, 0.3) is 22.2 Å². The minimum atomic E-state index is -4.33. The molecule has 3 aromatic rings. The van der Waals surface area contributed by atoms with Crippen molar-refractivity contribution in [2.75, 3.05) is 0 Å². The lowest BCUT2D eigenvalue weighted by atomic mass is 9.83. The number of benzene rings is 2. The Balaban J connectivity index is 2.19. The molecule has 0 saturated heterocycles. The minimum Gasteiger partial charge on any atom is -0.236 e. The van der Waals surface area contributed by atoms with Crippen molar-refractivity contribution in [3.63, 3.8) is 0 Å². The van der Waals surface area contributed by atoms with E-state index < -0.39 is 11.6 Å². The molecule has 0 unspecified atom stereocenters. The van der Waals surface area contributed by atoms with Crippen LogP contribution in [0, 0.1) is 13.8 Å². The second-order valence-electron chi connectivity index (χ2n) is 6.95. The molecule has 0 aliphatic heterocycles. The first-order valence-corrected chi connectivity index (χ1v) is 8.00. The lowest BCUT2D eigenvalue weighted by Gasteiger charge is -2.28. The lowest BCUT2D eigenvalue weighted by molar-refractivity contribution is -0.180. The van der Waals surface area contributed by atoms with Crippen LogP contribution in [-0.2, 0) is 5.41 Å². The molecule has 0 atom stereocenters. The molecule has 0 amide bonds. The third kappa shape index (κ3) is 3.11. The van der Waals surface area contributed by atoms with Gasteiger partial charge in [-0.25, -0.2) is 9.97 Å². The van der Waals surface area contributed by atoms with E-state index in [9.17, 15) is 13.2 Å².